The van der Waals surface area contributed by atoms with Crippen molar-refractivity contribution in [2.45, 2.75) is 17.8 Å². The van der Waals surface area contributed by atoms with Crippen LogP contribution >= 0.6 is 11.8 Å². The van der Waals surface area contributed by atoms with Crippen LogP contribution < -0.4 is 15.4 Å². The summed E-state index contributed by atoms with van der Waals surface area (Å²) in [5, 5.41) is 5.10. The Morgan fingerprint density at radius 2 is 2.22 bits per heavy atom. The van der Waals surface area contributed by atoms with Gasteiger partial charge >= 0.3 is 5.51 Å². The fourth-order valence-electron chi connectivity index (χ4n) is 2.26. The van der Waals surface area contributed by atoms with Gasteiger partial charge < -0.3 is 15.4 Å². The topological polar surface area (TPSA) is 67.4 Å². The second-order valence-electron chi connectivity index (χ2n) is 4.84. The molecule has 1 heterocycles. The molecule has 0 spiro atoms. The van der Waals surface area contributed by atoms with E-state index in [9.17, 15) is 22.8 Å². The number of ether oxygens (including phenoxy) is 1. The molecule has 0 fully saturated rings. The van der Waals surface area contributed by atoms with Gasteiger partial charge in [0.25, 0.3) is 0 Å². The normalized spacial score (nSPS) is 17.2. The molecule has 23 heavy (non-hydrogen) atoms. The zero-order valence-electron chi connectivity index (χ0n) is 12.2. The minimum Gasteiger partial charge on any atom is -0.497 e. The van der Waals surface area contributed by atoms with E-state index in [0.717, 1.165) is 0 Å². The van der Waals surface area contributed by atoms with E-state index in [1.807, 2.05) is 0 Å². The number of hydrogen-bond acceptors (Lipinski definition) is 4. The third kappa shape index (κ3) is 4.78. The molecule has 2 amide bonds. The number of anilines is 1. The molecule has 2 N–H and O–H groups in total. The highest BCUT2D eigenvalue weighted by atomic mass is 32.2. The first kappa shape index (κ1) is 17.5. The molecule has 0 aromatic heterocycles. The highest BCUT2D eigenvalue weighted by molar-refractivity contribution is 8.00. The third-order valence-electron chi connectivity index (χ3n) is 3.28. The van der Waals surface area contributed by atoms with Crippen molar-refractivity contribution in [3.63, 3.8) is 0 Å². The minimum atomic E-state index is -4.32. The van der Waals surface area contributed by atoms with Crippen molar-refractivity contribution in [2.75, 3.05) is 24.7 Å². The number of methoxy groups -OCH3 is 1. The standard InChI is InChI=1S/C14H15F3N2O3S/c1-22-8-2-3-11-9(6-8)10(7-12(20)19-11)13(21)18-4-5-23-14(15,16)17/h2-3,6,10H,4-5,7H2,1H3,(H,18,21)(H,19,20)/t10-/m1/s1. The lowest BCUT2D eigenvalue weighted by molar-refractivity contribution is -0.126. The molecule has 1 aromatic rings. The predicted octanol–water partition coefficient (Wildman–Crippen LogP) is 2.49. The molecule has 0 aliphatic carbocycles. The van der Waals surface area contributed by atoms with Crippen molar-refractivity contribution >= 4 is 29.3 Å². The van der Waals surface area contributed by atoms with E-state index >= 15 is 0 Å². The van der Waals surface area contributed by atoms with Gasteiger partial charge in [-0.3, -0.25) is 9.59 Å². The van der Waals surface area contributed by atoms with Crippen molar-refractivity contribution in [3.05, 3.63) is 23.8 Å². The second kappa shape index (κ2) is 7.12. The Balaban J connectivity index is 2.04. The summed E-state index contributed by atoms with van der Waals surface area (Å²) in [5.74, 6) is -1.28. The average molecular weight is 348 g/mol. The summed E-state index contributed by atoms with van der Waals surface area (Å²) >= 11 is -0.200. The van der Waals surface area contributed by atoms with Crippen LogP contribution in [0.3, 0.4) is 0 Å². The minimum absolute atomic E-state index is 0.0571. The summed E-state index contributed by atoms with van der Waals surface area (Å²) in [6.07, 6.45) is -0.0571. The Bertz CT molecular complexity index is 607. The maximum Gasteiger partial charge on any atom is 0.441 e. The lowest BCUT2D eigenvalue weighted by atomic mass is 9.89. The molecule has 126 valence electrons. The number of thioether (sulfide) groups is 1. The summed E-state index contributed by atoms with van der Waals surface area (Å²) in [6.45, 7) is -0.125. The number of carbonyl (C=O) groups is 2. The number of nitrogens with one attached hydrogen (secondary N) is 2. The molecule has 1 atom stereocenters. The van der Waals surface area contributed by atoms with Crippen LogP contribution in [0.4, 0.5) is 18.9 Å². The van der Waals surface area contributed by atoms with Gasteiger partial charge in [-0.2, -0.15) is 13.2 Å². The molecule has 5 nitrogen and oxygen atoms in total. The van der Waals surface area contributed by atoms with Crippen LogP contribution in [0.2, 0.25) is 0 Å². The third-order valence-corrected chi connectivity index (χ3v) is 4.02. The Hall–Kier alpha value is -1.90. The molecule has 0 saturated heterocycles. The first-order chi connectivity index (χ1) is 10.8. The summed E-state index contributed by atoms with van der Waals surface area (Å²) in [6, 6.07) is 4.92. The number of alkyl halides is 3. The van der Waals surface area contributed by atoms with Crippen LogP contribution in [0.1, 0.15) is 17.9 Å². The first-order valence-electron chi connectivity index (χ1n) is 6.76. The van der Waals surface area contributed by atoms with Crippen LogP contribution in [0.25, 0.3) is 0 Å². The van der Waals surface area contributed by atoms with Gasteiger partial charge in [-0.25, -0.2) is 0 Å². The first-order valence-corrected chi connectivity index (χ1v) is 7.75. The molecule has 0 radical (unpaired) electrons. The van der Waals surface area contributed by atoms with Crippen molar-refractivity contribution in [3.8, 4) is 5.75 Å². The Morgan fingerprint density at radius 1 is 1.48 bits per heavy atom. The number of hydrogen-bond donors (Lipinski definition) is 2. The average Bonchev–Trinajstić information content (AvgIpc) is 2.49. The number of rotatable bonds is 5. The number of benzene rings is 1. The van der Waals surface area contributed by atoms with Crippen LogP contribution in [0.15, 0.2) is 18.2 Å². The highest BCUT2D eigenvalue weighted by Crippen LogP contribution is 2.35. The molecule has 1 aliphatic rings. The van der Waals surface area contributed by atoms with E-state index < -0.39 is 17.3 Å². The van der Waals surface area contributed by atoms with Gasteiger partial charge in [0.2, 0.25) is 11.8 Å². The summed E-state index contributed by atoms with van der Waals surface area (Å²) in [5.41, 5.74) is -3.23. The summed E-state index contributed by atoms with van der Waals surface area (Å²) in [7, 11) is 1.48. The van der Waals surface area contributed by atoms with E-state index in [1.54, 1.807) is 18.2 Å². The maximum absolute atomic E-state index is 12.2. The van der Waals surface area contributed by atoms with E-state index in [-0.39, 0.29) is 36.4 Å². The van der Waals surface area contributed by atoms with Gasteiger partial charge in [0, 0.05) is 24.4 Å². The largest absolute Gasteiger partial charge is 0.497 e. The number of halogens is 3. The van der Waals surface area contributed by atoms with Gasteiger partial charge in [0.05, 0.1) is 13.0 Å². The Morgan fingerprint density at radius 3 is 2.87 bits per heavy atom. The lowest BCUT2D eigenvalue weighted by Crippen LogP contribution is -2.36. The van der Waals surface area contributed by atoms with E-state index in [0.29, 0.717) is 17.0 Å². The summed E-state index contributed by atoms with van der Waals surface area (Å²) in [4.78, 5) is 23.9. The fraction of sp³-hybridized carbons (Fsp3) is 0.429. The van der Waals surface area contributed by atoms with Crippen molar-refractivity contribution in [1.29, 1.82) is 0 Å². The highest BCUT2D eigenvalue weighted by Gasteiger charge is 2.31. The number of fused-ring (bicyclic) bond motifs is 1. The van der Waals surface area contributed by atoms with Gasteiger partial charge in [0.15, 0.2) is 0 Å². The fourth-order valence-corrected chi connectivity index (χ4v) is 2.70. The number of amides is 2. The van der Waals surface area contributed by atoms with Crippen molar-refractivity contribution < 1.29 is 27.5 Å². The molecule has 1 aliphatic heterocycles. The maximum atomic E-state index is 12.2. The SMILES string of the molecule is COc1ccc2c(c1)[C@H](C(=O)NCCSC(F)(F)F)CC(=O)N2. The smallest absolute Gasteiger partial charge is 0.441 e. The second-order valence-corrected chi connectivity index (χ2v) is 6.00. The van der Waals surface area contributed by atoms with Crippen LogP contribution in [-0.2, 0) is 9.59 Å². The lowest BCUT2D eigenvalue weighted by Gasteiger charge is -2.25. The Kier molecular flexibility index (Phi) is 5.40. The van der Waals surface area contributed by atoms with Gasteiger partial charge in [-0.05, 0) is 35.5 Å². The molecule has 2 rings (SSSR count). The van der Waals surface area contributed by atoms with Gasteiger partial charge in [-0.1, -0.05) is 0 Å². The molecule has 1 aromatic carbocycles. The predicted molar refractivity (Wildman–Crippen MR) is 80.5 cm³/mol. The van der Waals surface area contributed by atoms with E-state index in [2.05, 4.69) is 10.6 Å². The van der Waals surface area contributed by atoms with Gasteiger partial charge in [-0.15, -0.1) is 0 Å². The van der Waals surface area contributed by atoms with Crippen molar-refractivity contribution in [2.24, 2.45) is 0 Å². The molecule has 0 saturated carbocycles. The molecular formula is C14H15F3N2O3S. The van der Waals surface area contributed by atoms with Gasteiger partial charge in [0.1, 0.15) is 5.75 Å². The summed E-state index contributed by atoms with van der Waals surface area (Å²) < 4.78 is 41.2. The van der Waals surface area contributed by atoms with E-state index in [4.69, 9.17) is 4.74 Å². The van der Waals surface area contributed by atoms with Crippen LogP contribution in [0, 0.1) is 0 Å². The quantitative estimate of drug-likeness (QED) is 0.803. The molecular weight excluding hydrogens is 333 g/mol. The zero-order chi connectivity index (χ0) is 17.0. The van der Waals surface area contributed by atoms with Crippen molar-refractivity contribution in [1.82, 2.24) is 5.32 Å². The number of carbonyl (C=O) groups excluding carboxylic acids is 2. The monoisotopic (exact) mass is 348 g/mol. The van der Waals surface area contributed by atoms with Crippen LogP contribution in [0.5, 0.6) is 5.75 Å². The van der Waals surface area contributed by atoms with E-state index in [1.165, 1.54) is 7.11 Å². The molecule has 9 heteroatoms. The molecule has 0 unspecified atom stereocenters. The Labute approximate surface area is 135 Å². The van der Waals surface area contributed by atoms with Crippen LogP contribution in [-0.4, -0.2) is 36.7 Å². The molecule has 0 bridgehead atoms. The zero-order valence-corrected chi connectivity index (χ0v) is 13.0.